The number of likely N-dealkylation sites (N-methyl/N-ethyl adjacent to an activating group) is 1. The molecule has 0 aromatic heterocycles. The third kappa shape index (κ3) is 2.25. The fourth-order valence-electron chi connectivity index (χ4n) is 2.67. The van der Waals surface area contributed by atoms with Gasteiger partial charge in [0.2, 0.25) is 5.75 Å². The second-order valence-electron chi connectivity index (χ2n) is 4.68. The molecule has 18 heavy (non-hydrogen) atoms. The van der Waals surface area contributed by atoms with Crippen molar-refractivity contribution in [2.75, 3.05) is 21.3 Å². The number of methoxy groups -OCH3 is 2. The summed E-state index contributed by atoms with van der Waals surface area (Å²) >= 11 is 0. The summed E-state index contributed by atoms with van der Waals surface area (Å²) in [6, 6.07) is 2.45. The van der Waals surface area contributed by atoms with Crippen molar-refractivity contribution in [2.24, 2.45) is 0 Å². The Morgan fingerprint density at radius 3 is 2.72 bits per heavy atom. The van der Waals surface area contributed by atoms with Crippen molar-refractivity contribution in [2.45, 2.75) is 31.7 Å². The smallest absolute Gasteiger partial charge is 0.203 e. The minimum Gasteiger partial charge on any atom is -0.504 e. The predicted molar refractivity (Wildman–Crippen MR) is 70.7 cm³/mol. The van der Waals surface area contributed by atoms with Crippen LogP contribution in [0, 0.1) is 0 Å². The number of aromatic hydroxyl groups is 1. The topological polar surface area (TPSA) is 50.7 Å². The fourth-order valence-corrected chi connectivity index (χ4v) is 2.67. The van der Waals surface area contributed by atoms with Crippen LogP contribution in [0.4, 0.5) is 0 Å². The van der Waals surface area contributed by atoms with Crippen molar-refractivity contribution in [3.8, 4) is 17.2 Å². The number of fused-ring (bicyclic) bond motifs is 1. The lowest BCUT2D eigenvalue weighted by molar-refractivity contribution is 0.330. The maximum atomic E-state index is 10.3. The molecule has 1 aliphatic carbocycles. The van der Waals surface area contributed by atoms with E-state index in [1.54, 1.807) is 14.2 Å². The molecule has 1 unspecified atom stereocenters. The van der Waals surface area contributed by atoms with E-state index in [0.717, 1.165) is 36.8 Å². The quantitative estimate of drug-likeness (QED) is 0.805. The van der Waals surface area contributed by atoms with E-state index in [9.17, 15) is 5.11 Å². The van der Waals surface area contributed by atoms with Crippen molar-refractivity contribution >= 4 is 0 Å². The van der Waals surface area contributed by atoms with E-state index in [0.29, 0.717) is 17.5 Å². The van der Waals surface area contributed by atoms with Gasteiger partial charge in [-0.2, -0.15) is 0 Å². The molecule has 0 bridgehead atoms. The average Bonchev–Trinajstić information content (AvgIpc) is 2.60. The van der Waals surface area contributed by atoms with Crippen LogP contribution >= 0.6 is 0 Å². The van der Waals surface area contributed by atoms with Gasteiger partial charge < -0.3 is 19.9 Å². The van der Waals surface area contributed by atoms with Crippen LogP contribution in [0.3, 0.4) is 0 Å². The molecule has 1 aromatic carbocycles. The summed E-state index contributed by atoms with van der Waals surface area (Å²) in [5, 5.41) is 13.6. The van der Waals surface area contributed by atoms with Gasteiger partial charge in [-0.1, -0.05) is 0 Å². The molecule has 0 aliphatic heterocycles. The van der Waals surface area contributed by atoms with Gasteiger partial charge in [0.15, 0.2) is 11.5 Å². The van der Waals surface area contributed by atoms with Crippen LogP contribution in [-0.2, 0) is 12.8 Å². The lowest BCUT2D eigenvalue weighted by atomic mass is 9.99. The van der Waals surface area contributed by atoms with E-state index < -0.39 is 0 Å². The maximum Gasteiger partial charge on any atom is 0.203 e. The standard InChI is InChI=1S/C14H21NO3/c1-15-10-5-4-6-11-9(7-10)8-12(17-2)14(18-3)13(11)16/h8,10,15-16H,4-7H2,1-3H3. The SMILES string of the molecule is CNC1CCCc2c(cc(OC)c(OC)c2O)C1. The lowest BCUT2D eigenvalue weighted by Crippen LogP contribution is -2.26. The van der Waals surface area contributed by atoms with Gasteiger partial charge in [-0.15, -0.1) is 0 Å². The highest BCUT2D eigenvalue weighted by molar-refractivity contribution is 5.58. The molecule has 0 saturated carbocycles. The summed E-state index contributed by atoms with van der Waals surface area (Å²) in [6.45, 7) is 0. The molecule has 0 spiro atoms. The monoisotopic (exact) mass is 251 g/mol. The Kier molecular flexibility index (Phi) is 3.97. The van der Waals surface area contributed by atoms with Crippen LogP contribution in [0.15, 0.2) is 6.07 Å². The number of ether oxygens (including phenoxy) is 2. The van der Waals surface area contributed by atoms with Gasteiger partial charge in [0.1, 0.15) is 0 Å². The van der Waals surface area contributed by atoms with Crippen molar-refractivity contribution in [3.63, 3.8) is 0 Å². The van der Waals surface area contributed by atoms with Crippen LogP contribution in [-0.4, -0.2) is 32.4 Å². The zero-order valence-corrected chi connectivity index (χ0v) is 11.2. The van der Waals surface area contributed by atoms with E-state index >= 15 is 0 Å². The first-order chi connectivity index (χ1) is 8.71. The van der Waals surface area contributed by atoms with Gasteiger partial charge in [-0.05, 0) is 44.4 Å². The van der Waals surface area contributed by atoms with Gasteiger partial charge >= 0.3 is 0 Å². The van der Waals surface area contributed by atoms with Gasteiger partial charge in [0.25, 0.3) is 0 Å². The lowest BCUT2D eigenvalue weighted by Gasteiger charge is -2.17. The molecule has 4 heteroatoms. The van der Waals surface area contributed by atoms with Gasteiger partial charge in [-0.3, -0.25) is 0 Å². The Labute approximate surface area is 108 Å². The minimum atomic E-state index is 0.239. The molecule has 0 saturated heterocycles. The molecule has 0 radical (unpaired) electrons. The second-order valence-corrected chi connectivity index (χ2v) is 4.68. The molecule has 1 atom stereocenters. The van der Waals surface area contributed by atoms with Crippen LogP contribution in [0.1, 0.15) is 24.0 Å². The van der Waals surface area contributed by atoms with Crippen molar-refractivity contribution in [1.82, 2.24) is 5.32 Å². The average molecular weight is 251 g/mol. The summed E-state index contributed by atoms with van der Waals surface area (Å²) in [5.74, 6) is 1.29. The Hall–Kier alpha value is -1.42. The molecule has 2 N–H and O–H groups in total. The first kappa shape index (κ1) is 13.0. The van der Waals surface area contributed by atoms with Crippen molar-refractivity contribution in [3.05, 3.63) is 17.2 Å². The third-order valence-electron chi connectivity index (χ3n) is 3.70. The molecule has 2 rings (SSSR count). The highest BCUT2D eigenvalue weighted by Crippen LogP contribution is 2.43. The normalized spacial score (nSPS) is 18.9. The molecular weight excluding hydrogens is 230 g/mol. The van der Waals surface area contributed by atoms with Crippen LogP contribution in [0.25, 0.3) is 0 Å². The zero-order chi connectivity index (χ0) is 13.1. The third-order valence-corrected chi connectivity index (χ3v) is 3.70. The Morgan fingerprint density at radius 2 is 2.11 bits per heavy atom. The molecule has 100 valence electrons. The zero-order valence-electron chi connectivity index (χ0n) is 11.2. The Morgan fingerprint density at radius 1 is 1.33 bits per heavy atom. The number of rotatable bonds is 3. The highest BCUT2D eigenvalue weighted by Gasteiger charge is 2.23. The number of hydrogen-bond donors (Lipinski definition) is 2. The van der Waals surface area contributed by atoms with E-state index in [1.807, 2.05) is 13.1 Å². The number of nitrogens with one attached hydrogen (secondary N) is 1. The number of phenols is 1. The minimum absolute atomic E-state index is 0.239. The first-order valence-corrected chi connectivity index (χ1v) is 6.34. The largest absolute Gasteiger partial charge is 0.504 e. The summed E-state index contributed by atoms with van der Waals surface area (Å²) in [4.78, 5) is 0. The van der Waals surface area contributed by atoms with Gasteiger partial charge in [0, 0.05) is 11.6 Å². The summed E-state index contributed by atoms with van der Waals surface area (Å²) in [5.41, 5.74) is 2.16. The van der Waals surface area contributed by atoms with Crippen molar-refractivity contribution in [1.29, 1.82) is 0 Å². The molecule has 0 heterocycles. The van der Waals surface area contributed by atoms with Crippen molar-refractivity contribution < 1.29 is 14.6 Å². The molecule has 1 aromatic rings. The molecule has 1 aliphatic rings. The van der Waals surface area contributed by atoms with Crippen LogP contribution in [0.5, 0.6) is 17.2 Å². The van der Waals surface area contributed by atoms with Crippen LogP contribution in [0.2, 0.25) is 0 Å². The van der Waals surface area contributed by atoms with E-state index in [-0.39, 0.29) is 5.75 Å². The summed E-state index contributed by atoms with van der Waals surface area (Å²) in [7, 11) is 5.13. The molecule has 4 nitrogen and oxygen atoms in total. The maximum absolute atomic E-state index is 10.3. The van der Waals surface area contributed by atoms with E-state index in [1.165, 1.54) is 0 Å². The Bertz CT molecular complexity index is 432. The Balaban J connectivity index is 2.48. The molecular formula is C14H21NO3. The van der Waals surface area contributed by atoms with Crippen LogP contribution < -0.4 is 14.8 Å². The number of phenolic OH excluding ortho intramolecular Hbond substituents is 1. The van der Waals surface area contributed by atoms with E-state index in [4.69, 9.17) is 9.47 Å². The highest BCUT2D eigenvalue weighted by atomic mass is 16.5. The number of benzene rings is 1. The fraction of sp³-hybridized carbons (Fsp3) is 0.571. The first-order valence-electron chi connectivity index (χ1n) is 6.34. The second kappa shape index (κ2) is 5.48. The van der Waals surface area contributed by atoms with Gasteiger partial charge in [0.05, 0.1) is 14.2 Å². The van der Waals surface area contributed by atoms with E-state index in [2.05, 4.69) is 5.32 Å². The summed E-state index contributed by atoms with van der Waals surface area (Å²) in [6.07, 6.45) is 4.00. The molecule has 0 amide bonds. The predicted octanol–water partition coefficient (Wildman–Crippen LogP) is 1.88. The van der Waals surface area contributed by atoms with Gasteiger partial charge in [-0.25, -0.2) is 0 Å². The number of hydrogen-bond acceptors (Lipinski definition) is 4. The molecule has 0 fully saturated rings. The summed E-state index contributed by atoms with van der Waals surface area (Å²) < 4.78 is 10.5.